The Morgan fingerprint density at radius 3 is 2.47 bits per heavy atom. The Hall–Kier alpha value is -0.570. The first kappa shape index (κ1) is 14.5. The summed E-state index contributed by atoms with van der Waals surface area (Å²) in [5.74, 6) is 2.17. The van der Waals surface area contributed by atoms with Crippen molar-refractivity contribution in [3.63, 3.8) is 0 Å². The largest absolute Gasteiger partial charge is 0.396 e. The van der Waals surface area contributed by atoms with Gasteiger partial charge in [-0.15, -0.1) is 6.42 Å². The average Bonchev–Trinajstić information content (AvgIpc) is 2.39. The van der Waals surface area contributed by atoms with Crippen LogP contribution >= 0.6 is 22.6 Å². The monoisotopic (exact) mass is 344 g/mol. The van der Waals surface area contributed by atoms with Crippen LogP contribution in [0.2, 0.25) is 0 Å². The van der Waals surface area contributed by atoms with E-state index in [-0.39, 0.29) is 12.5 Å². The average molecular weight is 344 g/mol. The van der Waals surface area contributed by atoms with E-state index in [1.807, 2.05) is 30.3 Å². The summed E-state index contributed by atoms with van der Waals surface area (Å²) in [7, 11) is 0. The zero-order valence-corrected chi connectivity index (χ0v) is 11.8. The third-order valence-corrected chi connectivity index (χ3v) is 4.03. The summed E-state index contributed by atoms with van der Waals surface area (Å²) in [6.45, 7) is -0.0849. The number of hydrogen-bond acceptors (Lipinski definition) is 2. The van der Waals surface area contributed by atoms with Crippen LogP contribution in [0, 0.1) is 18.3 Å². The van der Waals surface area contributed by atoms with Gasteiger partial charge in [0.05, 0.1) is 6.61 Å². The Morgan fingerprint density at radius 2 is 2.00 bits per heavy atom. The highest BCUT2D eigenvalue weighted by molar-refractivity contribution is 14.1. The quantitative estimate of drug-likeness (QED) is 0.471. The van der Waals surface area contributed by atoms with Crippen LogP contribution in [0.4, 0.5) is 0 Å². The van der Waals surface area contributed by atoms with E-state index in [1.54, 1.807) is 0 Å². The van der Waals surface area contributed by atoms with Gasteiger partial charge in [0.15, 0.2) is 0 Å². The van der Waals surface area contributed by atoms with E-state index in [4.69, 9.17) is 6.42 Å². The van der Waals surface area contributed by atoms with Crippen LogP contribution in [0.3, 0.4) is 0 Å². The van der Waals surface area contributed by atoms with Gasteiger partial charge >= 0.3 is 0 Å². The summed E-state index contributed by atoms with van der Waals surface area (Å²) in [6.07, 6.45) is 6.60. The molecule has 92 valence electrons. The number of aliphatic hydroxyl groups is 2. The minimum absolute atomic E-state index is 0.0849. The number of aryl methyl sites for hydroxylation is 1. The molecule has 2 N–H and O–H groups in total. The first-order valence-electron chi connectivity index (χ1n) is 5.57. The van der Waals surface area contributed by atoms with Crippen LogP contribution in [-0.2, 0) is 6.42 Å². The maximum Gasteiger partial charge on any atom is 0.131 e. The Kier molecular flexibility index (Phi) is 5.96. The highest BCUT2D eigenvalue weighted by Gasteiger charge is 2.33. The molecule has 0 bridgehead atoms. The summed E-state index contributed by atoms with van der Waals surface area (Å²) in [5.41, 5.74) is -0.0717. The molecule has 0 aliphatic carbocycles. The third kappa shape index (κ3) is 3.98. The van der Waals surface area contributed by atoms with Crippen molar-refractivity contribution >= 4 is 22.6 Å². The molecule has 0 aliphatic heterocycles. The van der Waals surface area contributed by atoms with Crippen LogP contribution in [0.15, 0.2) is 30.3 Å². The number of hydrogen-bond donors (Lipinski definition) is 2. The lowest BCUT2D eigenvalue weighted by atomic mass is 9.85. The van der Waals surface area contributed by atoms with Gasteiger partial charge < -0.3 is 10.2 Å². The van der Waals surface area contributed by atoms with Gasteiger partial charge in [-0.1, -0.05) is 58.8 Å². The smallest absolute Gasteiger partial charge is 0.131 e. The molecule has 0 radical (unpaired) electrons. The maximum absolute atomic E-state index is 10.3. The fourth-order valence-electron chi connectivity index (χ4n) is 1.70. The molecule has 2 nitrogen and oxygen atoms in total. The molecule has 0 saturated heterocycles. The molecule has 0 heterocycles. The standard InChI is InChI=1S/C14H17IO2/c1-2-14(17,13(10-15)11-16)9-8-12-6-4-3-5-7-12/h1,3-7,13,16-17H,8-11H2. The molecule has 0 saturated carbocycles. The number of alkyl halides is 1. The zero-order chi connectivity index (χ0) is 12.7. The molecule has 2 unspecified atom stereocenters. The molecular formula is C14H17IO2. The van der Waals surface area contributed by atoms with E-state index in [1.165, 1.54) is 0 Å². The van der Waals surface area contributed by atoms with Crippen molar-refractivity contribution < 1.29 is 10.2 Å². The fraction of sp³-hybridized carbons (Fsp3) is 0.429. The van der Waals surface area contributed by atoms with Crippen molar-refractivity contribution in [1.82, 2.24) is 0 Å². The topological polar surface area (TPSA) is 40.5 Å². The second-order valence-electron chi connectivity index (χ2n) is 4.09. The first-order chi connectivity index (χ1) is 8.16. The predicted molar refractivity (Wildman–Crippen MR) is 78.0 cm³/mol. The number of terminal acetylenes is 1. The van der Waals surface area contributed by atoms with Crippen molar-refractivity contribution in [2.75, 3.05) is 11.0 Å². The lowest BCUT2D eigenvalue weighted by Crippen LogP contribution is -2.40. The van der Waals surface area contributed by atoms with Gasteiger partial charge in [-0.25, -0.2) is 0 Å². The number of aliphatic hydroxyl groups excluding tert-OH is 1. The highest BCUT2D eigenvalue weighted by Crippen LogP contribution is 2.24. The van der Waals surface area contributed by atoms with E-state index in [0.29, 0.717) is 17.3 Å². The van der Waals surface area contributed by atoms with Gasteiger partial charge in [0.1, 0.15) is 5.60 Å². The molecule has 1 rings (SSSR count). The number of benzene rings is 1. The number of halogens is 1. The van der Waals surface area contributed by atoms with Gasteiger partial charge in [-0.3, -0.25) is 0 Å². The summed E-state index contributed by atoms with van der Waals surface area (Å²) >= 11 is 2.14. The van der Waals surface area contributed by atoms with Crippen LogP contribution in [0.1, 0.15) is 12.0 Å². The molecule has 0 aromatic heterocycles. The van der Waals surface area contributed by atoms with Gasteiger partial charge in [0.2, 0.25) is 0 Å². The maximum atomic E-state index is 10.3. The summed E-state index contributed by atoms with van der Waals surface area (Å²) < 4.78 is 0.643. The molecule has 0 fully saturated rings. The Morgan fingerprint density at radius 1 is 1.35 bits per heavy atom. The predicted octanol–water partition coefficient (Wildman–Crippen LogP) is 2.03. The summed E-state index contributed by atoms with van der Waals surface area (Å²) in [4.78, 5) is 0. The normalized spacial score (nSPS) is 15.9. The molecule has 0 aliphatic rings. The molecule has 1 aromatic carbocycles. The minimum Gasteiger partial charge on any atom is -0.396 e. The van der Waals surface area contributed by atoms with Crippen molar-refractivity contribution in [3.8, 4) is 12.3 Å². The number of rotatable bonds is 6. The van der Waals surface area contributed by atoms with Gasteiger partial charge in [0.25, 0.3) is 0 Å². The zero-order valence-electron chi connectivity index (χ0n) is 9.64. The van der Waals surface area contributed by atoms with E-state index in [0.717, 1.165) is 5.56 Å². The van der Waals surface area contributed by atoms with Crippen molar-refractivity contribution in [2.45, 2.75) is 18.4 Å². The summed E-state index contributed by atoms with van der Waals surface area (Å²) in [6, 6.07) is 9.90. The Labute approximate surface area is 116 Å². The van der Waals surface area contributed by atoms with Gasteiger partial charge in [0, 0.05) is 10.3 Å². The SMILES string of the molecule is C#CC(O)(CCc1ccccc1)C(CO)CI. The molecular weight excluding hydrogens is 327 g/mol. The highest BCUT2D eigenvalue weighted by atomic mass is 127. The minimum atomic E-state index is -1.22. The van der Waals surface area contributed by atoms with Crippen LogP contribution < -0.4 is 0 Å². The lowest BCUT2D eigenvalue weighted by Gasteiger charge is -2.29. The molecule has 0 amide bonds. The summed E-state index contributed by atoms with van der Waals surface area (Å²) in [5, 5.41) is 19.6. The van der Waals surface area contributed by atoms with E-state index in [9.17, 15) is 10.2 Å². The molecule has 17 heavy (non-hydrogen) atoms. The molecule has 0 spiro atoms. The third-order valence-electron chi connectivity index (χ3n) is 2.97. The first-order valence-corrected chi connectivity index (χ1v) is 7.09. The Bertz CT molecular complexity index is 368. The second kappa shape index (κ2) is 7.00. The van der Waals surface area contributed by atoms with Crippen molar-refractivity contribution in [1.29, 1.82) is 0 Å². The molecule has 1 aromatic rings. The van der Waals surface area contributed by atoms with E-state index in [2.05, 4.69) is 28.5 Å². The molecule has 3 heteroatoms. The van der Waals surface area contributed by atoms with E-state index >= 15 is 0 Å². The lowest BCUT2D eigenvalue weighted by molar-refractivity contribution is 0.0150. The van der Waals surface area contributed by atoms with Crippen molar-refractivity contribution in [3.05, 3.63) is 35.9 Å². The van der Waals surface area contributed by atoms with E-state index < -0.39 is 5.60 Å². The Balaban J connectivity index is 2.67. The van der Waals surface area contributed by atoms with Gasteiger partial charge in [-0.2, -0.15) is 0 Å². The van der Waals surface area contributed by atoms with Crippen LogP contribution in [-0.4, -0.2) is 26.8 Å². The molecule has 2 atom stereocenters. The second-order valence-corrected chi connectivity index (χ2v) is 4.97. The van der Waals surface area contributed by atoms with Crippen LogP contribution in [0.5, 0.6) is 0 Å². The van der Waals surface area contributed by atoms with Crippen molar-refractivity contribution in [2.24, 2.45) is 5.92 Å². The fourth-order valence-corrected chi connectivity index (χ4v) is 2.71. The van der Waals surface area contributed by atoms with Gasteiger partial charge in [-0.05, 0) is 18.4 Å². The van der Waals surface area contributed by atoms with Crippen LogP contribution in [0.25, 0.3) is 0 Å².